The maximum absolute atomic E-state index is 12.0. The van der Waals surface area contributed by atoms with Crippen molar-refractivity contribution < 1.29 is 9.53 Å². The van der Waals surface area contributed by atoms with Gasteiger partial charge in [0.15, 0.2) is 0 Å². The van der Waals surface area contributed by atoms with Gasteiger partial charge < -0.3 is 4.74 Å². The molecule has 0 saturated heterocycles. The maximum atomic E-state index is 12.0. The molecule has 0 aromatic carbocycles. The van der Waals surface area contributed by atoms with E-state index in [0.29, 0.717) is 5.69 Å². The van der Waals surface area contributed by atoms with Crippen LogP contribution in [0, 0.1) is 0 Å². The van der Waals surface area contributed by atoms with E-state index in [1.54, 1.807) is 0 Å². The van der Waals surface area contributed by atoms with Crippen molar-refractivity contribution in [3.63, 3.8) is 0 Å². The summed E-state index contributed by atoms with van der Waals surface area (Å²) in [6.07, 6.45) is 23.1. The number of esters is 1. The zero-order chi connectivity index (χ0) is 21.9. The molecule has 1 aromatic heterocycles. The highest BCUT2D eigenvalue weighted by molar-refractivity contribution is 5.87. The predicted molar refractivity (Wildman–Crippen MR) is 128 cm³/mol. The van der Waals surface area contributed by atoms with E-state index in [1.807, 2.05) is 6.07 Å². The van der Waals surface area contributed by atoms with Crippen LogP contribution in [-0.2, 0) is 17.6 Å². The van der Waals surface area contributed by atoms with E-state index >= 15 is 0 Å². The van der Waals surface area contributed by atoms with Crippen LogP contribution in [-0.4, -0.2) is 18.1 Å². The molecule has 0 aliphatic rings. The van der Waals surface area contributed by atoms with Gasteiger partial charge in [-0.25, -0.2) is 9.78 Å². The first-order valence-corrected chi connectivity index (χ1v) is 12.8. The number of unbranched alkanes of at least 4 members (excludes halogenated alkanes) is 14. The van der Waals surface area contributed by atoms with E-state index in [0.717, 1.165) is 25.0 Å². The zero-order valence-electron chi connectivity index (χ0n) is 20.1. The van der Waals surface area contributed by atoms with Gasteiger partial charge in [-0.05, 0) is 43.4 Å². The number of rotatable bonds is 19. The Morgan fingerprint density at radius 3 is 1.67 bits per heavy atom. The minimum Gasteiger partial charge on any atom is -0.464 e. The molecule has 0 fully saturated rings. The summed E-state index contributed by atoms with van der Waals surface area (Å²) in [5.74, 6) is -0.315. The molecular weight excluding hydrogens is 370 g/mol. The van der Waals surface area contributed by atoms with E-state index in [4.69, 9.17) is 4.74 Å². The summed E-state index contributed by atoms with van der Waals surface area (Å²) < 4.78 is 4.92. The molecule has 1 heterocycles. The van der Waals surface area contributed by atoms with Crippen molar-refractivity contribution in [3.05, 3.63) is 29.1 Å². The fourth-order valence-electron chi connectivity index (χ4n) is 4.04. The van der Waals surface area contributed by atoms with Crippen LogP contribution >= 0.6 is 0 Å². The van der Waals surface area contributed by atoms with Crippen LogP contribution in [0.3, 0.4) is 0 Å². The fourth-order valence-corrected chi connectivity index (χ4v) is 4.04. The number of hydrogen-bond acceptors (Lipinski definition) is 3. The third-order valence-electron chi connectivity index (χ3n) is 5.94. The number of carbonyl (C=O) groups is 1. The normalized spacial score (nSPS) is 11.0. The second-order valence-corrected chi connectivity index (χ2v) is 8.79. The molecule has 0 amide bonds. The summed E-state index contributed by atoms with van der Waals surface area (Å²) in [5.41, 5.74) is 2.77. The zero-order valence-corrected chi connectivity index (χ0v) is 20.1. The number of ether oxygens (including phenoxy) is 1. The monoisotopic (exact) mass is 417 g/mol. The van der Waals surface area contributed by atoms with Crippen molar-refractivity contribution in [1.82, 2.24) is 4.98 Å². The number of methoxy groups -OCH3 is 1. The Morgan fingerprint density at radius 1 is 0.700 bits per heavy atom. The minimum atomic E-state index is -0.315. The van der Waals surface area contributed by atoms with Gasteiger partial charge in [0.25, 0.3) is 0 Å². The lowest BCUT2D eigenvalue weighted by Crippen LogP contribution is -2.08. The third-order valence-corrected chi connectivity index (χ3v) is 5.94. The Balaban J connectivity index is 2.39. The van der Waals surface area contributed by atoms with E-state index in [1.165, 1.54) is 109 Å². The second-order valence-electron chi connectivity index (χ2n) is 8.79. The number of aromatic nitrogens is 1. The molecule has 0 radical (unpaired) electrons. The van der Waals surface area contributed by atoms with Crippen LogP contribution in [0.2, 0.25) is 0 Å². The van der Waals surface area contributed by atoms with Crippen molar-refractivity contribution >= 4 is 5.97 Å². The van der Waals surface area contributed by atoms with Gasteiger partial charge in [-0.2, -0.15) is 0 Å². The average molecular weight is 418 g/mol. The molecule has 0 N–H and O–H groups in total. The molecule has 0 saturated carbocycles. The summed E-state index contributed by atoms with van der Waals surface area (Å²) in [5, 5.41) is 0. The Labute approximate surface area is 186 Å². The van der Waals surface area contributed by atoms with Crippen LogP contribution < -0.4 is 0 Å². The van der Waals surface area contributed by atoms with E-state index in [9.17, 15) is 4.79 Å². The van der Waals surface area contributed by atoms with Crippen LogP contribution in [0.15, 0.2) is 12.1 Å². The van der Waals surface area contributed by atoms with E-state index < -0.39 is 0 Å². The van der Waals surface area contributed by atoms with Crippen molar-refractivity contribution in [3.8, 4) is 0 Å². The van der Waals surface area contributed by atoms with Crippen molar-refractivity contribution in [1.29, 1.82) is 0 Å². The van der Waals surface area contributed by atoms with Gasteiger partial charge in [0.1, 0.15) is 5.69 Å². The first-order valence-electron chi connectivity index (χ1n) is 12.8. The molecule has 0 spiro atoms. The summed E-state index contributed by atoms with van der Waals surface area (Å²) in [4.78, 5) is 16.6. The molecule has 0 bridgehead atoms. The molecule has 0 atom stereocenters. The number of pyridine rings is 1. The average Bonchev–Trinajstić information content (AvgIpc) is 2.76. The molecule has 3 heteroatoms. The first-order chi connectivity index (χ1) is 14.7. The van der Waals surface area contributed by atoms with Gasteiger partial charge in [-0.15, -0.1) is 0 Å². The van der Waals surface area contributed by atoms with E-state index in [2.05, 4.69) is 24.9 Å². The van der Waals surface area contributed by atoms with Gasteiger partial charge in [0.05, 0.1) is 7.11 Å². The lowest BCUT2D eigenvalue weighted by Gasteiger charge is -2.09. The van der Waals surface area contributed by atoms with Crippen molar-refractivity contribution in [2.24, 2.45) is 0 Å². The van der Waals surface area contributed by atoms with Gasteiger partial charge in [-0.3, -0.25) is 0 Å². The van der Waals surface area contributed by atoms with Gasteiger partial charge in [0.2, 0.25) is 0 Å². The minimum absolute atomic E-state index is 0.315. The molecule has 1 rings (SSSR count). The Morgan fingerprint density at radius 2 is 1.17 bits per heavy atom. The van der Waals surface area contributed by atoms with Gasteiger partial charge in [0, 0.05) is 5.69 Å². The third kappa shape index (κ3) is 13.0. The highest BCUT2D eigenvalue weighted by atomic mass is 16.5. The largest absolute Gasteiger partial charge is 0.464 e. The van der Waals surface area contributed by atoms with E-state index in [-0.39, 0.29) is 5.97 Å². The Bertz CT molecular complexity index is 518. The Hall–Kier alpha value is -1.38. The smallest absolute Gasteiger partial charge is 0.356 e. The predicted octanol–water partition coefficient (Wildman–Crippen LogP) is 8.23. The molecule has 172 valence electrons. The van der Waals surface area contributed by atoms with Crippen molar-refractivity contribution in [2.45, 2.75) is 129 Å². The lowest BCUT2D eigenvalue weighted by atomic mass is 10.0. The Kier molecular flexibility index (Phi) is 16.3. The first kappa shape index (κ1) is 26.7. The van der Waals surface area contributed by atoms with Crippen molar-refractivity contribution in [2.75, 3.05) is 7.11 Å². The molecule has 0 unspecified atom stereocenters. The quantitative estimate of drug-likeness (QED) is 0.168. The molecule has 1 aromatic rings. The SMILES string of the molecule is CCCCCCCCCCc1cc(CCCCCCCCCC)nc(C(=O)OC)c1. The number of hydrogen-bond donors (Lipinski definition) is 0. The molecule has 0 aliphatic carbocycles. The van der Waals surface area contributed by atoms with Crippen LogP contribution in [0.1, 0.15) is 138 Å². The van der Waals surface area contributed by atoms with Gasteiger partial charge >= 0.3 is 5.97 Å². The summed E-state index contributed by atoms with van der Waals surface area (Å²) in [6, 6.07) is 4.15. The number of aryl methyl sites for hydroxylation is 2. The molecule has 3 nitrogen and oxygen atoms in total. The second kappa shape index (κ2) is 18.4. The lowest BCUT2D eigenvalue weighted by molar-refractivity contribution is 0.0593. The van der Waals surface area contributed by atoms with Gasteiger partial charge in [-0.1, -0.05) is 104 Å². The fraction of sp³-hybridized carbons (Fsp3) is 0.778. The maximum Gasteiger partial charge on any atom is 0.356 e. The van der Waals surface area contributed by atoms with Crippen LogP contribution in [0.25, 0.3) is 0 Å². The highest BCUT2D eigenvalue weighted by Gasteiger charge is 2.11. The van der Waals surface area contributed by atoms with Crippen LogP contribution in [0.5, 0.6) is 0 Å². The number of carbonyl (C=O) groups excluding carboxylic acids is 1. The standard InChI is InChI=1S/C27H47NO2/c1-4-6-8-10-12-14-16-18-20-24-22-25(28-26(23-24)27(29)30-3)21-19-17-15-13-11-9-7-5-2/h22-23H,4-21H2,1-3H3. The van der Waals surface area contributed by atoms with Crippen LogP contribution in [0.4, 0.5) is 0 Å². The summed E-state index contributed by atoms with van der Waals surface area (Å²) in [6.45, 7) is 4.53. The molecular formula is C27H47NO2. The summed E-state index contributed by atoms with van der Waals surface area (Å²) in [7, 11) is 1.44. The topological polar surface area (TPSA) is 39.2 Å². The molecule has 0 aliphatic heterocycles. The molecule has 30 heavy (non-hydrogen) atoms. The highest BCUT2D eigenvalue weighted by Crippen LogP contribution is 2.16. The number of nitrogens with zero attached hydrogens (tertiary/aromatic N) is 1. The summed E-state index contributed by atoms with van der Waals surface area (Å²) >= 11 is 0.